The van der Waals surface area contributed by atoms with E-state index in [1.165, 1.54) is 6.92 Å². The van der Waals surface area contributed by atoms with E-state index in [1.54, 1.807) is 0 Å². The topological polar surface area (TPSA) is 85.5 Å². The highest BCUT2D eigenvalue weighted by Crippen LogP contribution is 2.34. The van der Waals surface area contributed by atoms with E-state index >= 15 is 0 Å². The number of methoxy groups -OCH3 is 1. The molecule has 0 radical (unpaired) electrons. The zero-order valence-electron chi connectivity index (χ0n) is 32.4. The number of nitrogens with zero attached hydrogens (tertiary/aromatic N) is 6. The Morgan fingerprint density at radius 1 is 1.28 bits per heavy atom. The number of likely N-dealkylation sites (tertiary alicyclic amines) is 1. The average Bonchev–Trinajstić information content (AvgIpc) is 3.32. The number of amides is 1. The van der Waals surface area contributed by atoms with Crippen molar-refractivity contribution in [3.63, 3.8) is 0 Å². The molecule has 3 rings (SSSR count). The van der Waals surface area contributed by atoms with Crippen molar-refractivity contribution < 1.29 is 32.8 Å². The van der Waals surface area contributed by atoms with Gasteiger partial charge in [-0.3, -0.25) is 9.69 Å². The van der Waals surface area contributed by atoms with Gasteiger partial charge in [0.1, 0.15) is 5.72 Å². The van der Waals surface area contributed by atoms with Crippen molar-refractivity contribution in [3.05, 3.63) is 40.7 Å². The second-order valence-electron chi connectivity index (χ2n) is 5.99. The van der Waals surface area contributed by atoms with Crippen molar-refractivity contribution in [1.29, 1.82) is 0 Å². The minimum atomic E-state index is -3.84. The number of rotatable bonds is 8. The van der Waals surface area contributed by atoms with Gasteiger partial charge in [0.15, 0.2) is 0 Å². The van der Waals surface area contributed by atoms with Crippen LogP contribution in [0.25, 0.3) is 0 Å². The molecule has 0 N–H and O–H groups in total. The number of aryl methyl sites for hydroxylation is 2. The van der Waals surface area contributed by atoms with E-state index in [-0.39, 0.29) is 16.1 Å². The predicted octanol–water partition coefficient (Wildman–Crippen LogP) is 1.34. The minimum Gasteiger partial charge on any atom is -0.358 e. The number of para-hydroxylation sites is 1. The molecule has 1 fully saturated rings. The summed E-state index contributed by atoms with van der Waals surface area (Å²) in [6.07, 6.45) is -5.53. The van der Waals surface area contributed by atoms with Gasteiger partial charge in [-0.25, -0.2) is 4.79 Å². The van der Waals surface area contributed by atoms with Crippen molar-refractivity contribution in [2.45, 2.75) is 51.8 Å². The van der Waals surface area contributed by atoms with Crippen molar-refractivity contribution in [2.24, 2.45) is 0 Å². The fourth-order valence-electron chi connectivity index (χ4n) is 2.90. The van der Waals surface area contributed by atoms with Crippen LogP contribution in [-0.4, -0.2) is 62.9 Å². The van der Waals surface area contributed by atoms with E-state index in [0.717, 1.165) is 9.58 Å². The van der Waals surface area contributed by atoms with E-state index in [1.807, 2.05) is 0 Å². The largest absolute Gasteiger partial charge is 0.363 e. The maximum atomic E-state index is 13.9. The van der Waals surface area contributed by atoms with E-state index < -0.39 is 112 Å². The highest BCUT2D eigenvalue weighted by atomic mass is 16.5. The molecule has 158 valence electrons. The quantitative estimate of drug-likeness (QED) is 0.600. The number of aromatic nitrogens is 4. The smallest absolute Gasteiger partial charge is 0.358 e. The van der Waals surface area contributed by atoms with Crippen LogP contribution in [0.15, 0.2) is 35.0 Å². The molecule has 1 saturated heterocycles. The molecule has 1 aromatic carbocycles. The molecule has 1 aliphatic rings. The predicted molar refractivity (Wildman–Crippen MR) is 110 cm³/mol. The Morgan fingerprint density at radius 2 is 2.00 bits per heavy atom. The van der Waals surface area contributed by atoms with Crippen LogP contribution in [0.2, 0.25) is 0 Å². The Labute approximate surface area is 194 Å². The standard InChI is InChI=1S/C20H30N6O3/c1-4-18(27)26(17-9-7-6-8-10-17)20(29-3)11-13-23(14-12-20)15-16-25-19(28)24(5-2)21-22-25/h6-10H,4-5,11-16H2,1-3H3/i1D3,3D3,4D2,6D,7D,8D,9D,10D,15D2,16D2. The van der Waals surface area contributed by atoms with Crippen LogP contribution < -0.4 is 10.6 Å². The molecule has 0 unspecified atom stereocenters. The summed E-state index contributed by atoms with van der Waals surface area (Å²) in [7, 11) is -3.44. The maximum absolute atomic E-state index is 13.9. The first-order valence-corrected chi connectivity index (χ1v) is 8.59. The Bertz CT molecular complexity index is 1510. The molecular weight excluding hydrogens is 372 g/mol. The monoisotopic (exact) mass is 419 g/mol. The van der Waals surface area contributed by atoms with Gasteiger partial charge in [-0.15, -0.1) is 0 Å². The van der Waals surface area contributed by atoms with Gasteiger partial charge in [-0.1, -0.05) is 25.0 Å². The van der Waals surface area contributed by atoms with Crippen LogP contribution in [0.3, 0.4) is 0 Å². The summed E-state index contributed by atoms with van der Waals surface area (Å²) in [5.74, 6) is -2.04. The van der Waals surface area contributed by atoms with Crippen LogP contribution in [0, 0.1) is 0 Å². The van der Waals surface area contributed by atoms with E-state index in [0.29, 0.717) is 0 Å². The molecule has 0 spiro atoms. The van der Waals surface area contributed by atoms with Gasteiger partial charge in [-0.05, 0) is 29.4 Å². The number of ether oxygens (including phenoxy) is 1. The van der Waals surface area contributed by atoms with Gasteiger partial charge in [0.2, 0.25) is 5.91 Å². The van der Waals surface area contributed by atoms with Gasteiger partial charge < -0.3 is 9.64 Å². The number of carbonyl (C=O) groups excluding carboxylic acids is 1. The summed E-state index contributed by atoms with van der Waals surface area (Å²) < 4.78 is 144. The Kier molecular flexibility index (Phi) is 2.67. The maximum Gasteiger partial charge on any atom is 0.363 e. The first kappa shape index (κ1) is 8.31. The van der Waals surface area contributed by atoms with Crippen LogP contribution in [0.5, 0.6) is 0 Å². The molecule has 1 aromatic heterocycles. The summed E-state index contributed by atoms with van der Waals surface area (Å²) in [5.41, 5.74) is -4.88. The third-order valence-electron chi connectivity index (χ3n) is 4.42. The molecule has 9 nitrogen and oxygen atoms in total. The zero-order chi connectivity index (χ0) is 35.6. The molecule has 2 aromatic rings. The molecule has 29 heavy (non-hydrogen) atoms. The minimum absolute atomic E-state index is 0.0124. The van der Waals surface area contributed by atoms with E-state index in [4.69, 9.17) is 28.0 Å². The molecule has 2 heterocycles. The summed E-state index contributed by atoms with van der Waals surface area (Å²) in [6, 6.07) is -5.24. The highest BCUT2D eigenvalue weighted by Gasteiger charge is 2.43. The van der Waals surface area contributed by atoms with E-state index in [2.05, 4.69) is 10.4 Å². The Hall–Kier alpha value is -2.52. The number of hydrogen-bond acceptors (Lipinski definition) is 6. The average molecular weight is 420 g/mol. The SMILES string of the molecule is [2H]c1c([2H])c([2H])c(N(C(=O)C([2H])([2H])C([2H])([2H])[2H])C2(OC([2H])([2H])[2H])CCN(C([2H])([2H])C([2H])([2H])n3nnn(CC)c3=O)CC2)c([2H])c1[2H]. The molecule has 0 aliphatic carbocycles. The number of piperidine rings is 1. The Balaban J connectivity index is 2.25. The lowest BCUT2D eigenvalue weighted by atomic mass is 9.96. The summed E-state index contributed by atoms with van der Waals surface area (Å²) in [4.78, 5) is 27.3. The van der Waals surface area contributed by atoms with Crippen LogP contribution in [-0.2, 0) is 22.6 Å². The summed E-state index contributed by atoms with van der Waals surface area (Å²) >= 11 is 0. The molecule has 0 bridgehead atoms. The number of carbonyl (C=O) groups is 1. The fraction of sp³-hybridized carbons (Fsp3) is 0.600. The van der Waals surface area contributed by atoms with Crippen molar-refractivity contribution in [2.75, 3.05) is 31.5 Å². The number of anilines is 1. The molecule has 0 atom stereocenters. The molecule has 1 aliphatic heterocycles. The molecule has 9 heteroatoms. The fourth-order valence-corrected chi connectivity index (χ4v) is 2.90. The second kappa shape index (κ2) is 9.32. The van der Waals surface area contributed by atoms with Crippen LogP contribution >= 0.6 is 0 Å². The van der Waals surface area contributed by atoms with Crippen molar-refractivity contribution in [3.8, 4) is 0 Å². The number of hydrogen-bond donors (Lipinski definition) is 0. The van der Waals surface area contributed by atoms with Crippen molar-refractivity contribution >= 4 is 11.6 Å². The number of benzene rings is 1. The van der Waals surface area contributed by atoms with E-state index in [9.17, 15) is 9.59 Å². The lowest BCUT2D eigenvalue weighted by Gasteiger charge is -2.47. The zero-order valence-corrected chi connectivity index (χ0v) is 15.4. The number of tetrazole rings is 1. The first-order valence-electron chi connectivity index (χ1n) is 17.1. The van der Waals surface area contributed by atoms with Gasteiger partial charge in [-0.2, -0.15) is 9.36 Å². The lowest BCUT2D eigenvalue weighted by molar-refractivity contribution is -0.128. The summed E-state index contributed by atoms with van der Waals surface area (Å²) in [6.45, 7) is -9.94. The molecular formula is C20H30N6O3. The van der Waals surface area contributed by atoms with Gasteiger partial charge in [0.05, 0.1) is 20.2 Å². The normalized spacial score (nSPS) is 27.6. The Morgan fingerprint density at radius 3 is 2.62 bits per heavy atom. The third kappa shape index (κ3) is 4.40. The second-order valence-corrected chi connectivity index (χ2v) is 5.99. The third-order valence-corrected chi connectivity index (χ3v) is 4.42. The highest BCUT2D eigenvalue weighted by molar-refractivity contribution is 5.94. The van der Waals surface area contributed by atoms with Crippen LogP contribution in [0.1, 0.15) is 56.3 Å². The lowest BCUT2D eigenvalue weighted by Crippen LogP contribution is -2.59. The van der Waals surface area contributed by atoms with Gasteiger partial charge >= 0.3 is 5.69 Å². The summed E-state index contributed by atoms with van der Waals surface area (Å²) in [5, 5.41) is 6.90. The molecule has 1 amide bonds. The van der Waals surface area contributed by atoms with Gasteiger partial charge in [0, 0.05) is 67.7 Å². The van der Waals surface area contributed by atoms with Gasteiger partial charge in [0.25, 0.3) is 0 Å². The first-order chi connectivity index (χ1) is 20.7. The van der Waals surface area contributed by atoms with Crippen molar-refractivity contribution in [1.82, 2.24) is 24.7 Å². The van der Waals surface area contributed by atoms with Crippen LogP contribution in [0.4, 0.5) is 5.69 Å². The molecule has 0 saturated carbocycles.